The zero-order valence-corrected chi connectivity index (χ0v) is 15.3. The van der Waals surface area contributed by atoms with Crippen LogP contribution in [0.1, 0.15) is 24.2 Å². The summed E-state index contributed by atoms with van der Waals surface area (Å²) >= 11 is 0. The zero-order valence-electron chi connectivity index (χ0n) is 15.3. The number of carbonyl (C=O) groups excluding carboxylic acids is 2. The molecule has 0 aliphatic rings. The van der Waals surface area contributed by atoms with E-state index in [0.29, 0.717) is 16.8 Å². The highest BCUT2D eigenvalue weighted by atomic mass is 19.1. The van der Waals surface area contributed by atoms with Crippen LogP contribution < -0.4 is 5.32 Å². The number of carbonyl (C=O) groups is 2. The molecular formula is C19H18FN5O3. The number of aromatic nitrogens is 4. The highest BCUT2D eigenvalue weighted by Crippen LogP contribution is 2.16. The Morgan fingerprint density at radius 2 is 1.93 bits per heavy atom. The topological polar surface area (TPSA) is 99.0 Å². The molecule has 2 aromatic carbocycles. The van der Waals surface area contributed by atoms with Crippen molar-refractivity contribution >= 4 is 17.6 Å². The van der Waals surface area contributed by atoms with Crippen molar-refractivity contribution in [2.75, 3.05) is 5.32 Å². The predicted octanol–water partition coefficient (Wildman–Crippen LogP) is 2.68. The number of nitrogens with one attached hydrogen (secondary N) is 1. The summed E-state index contributed by atoms with van der Waals surface area (Å²) < 4.78 is 18.1. The molecule has 0 aliphatic heterocycles. The first-order valence-corrected chi connectivity index (χ1v) is 8.55. The summed E-state index contributed by atoms with van der Waals surface area (Å²) in [5.41, 5.74) is 1.41. The first-order valence-electron chi connectivity index (χ1n) is 8.55. The van der Waals surface area contributed by atoms with Crippen LogP contribution in [0.3, 0.4) is 0 Å². The van der Waals surface area contributed by atoms with Crippen molar-refractivity contribution in [2.24, 2.45) is 0 Å². The standard InChI is InChI=1S/C19H18FN5O3/c1-12(2)28-19(27)14-5-3-4-13(10-14)18-22-24-25(23-18)11-17(26)21-16-8-6-15(20)7-9-16/h3-10,12H,11H2,1-2H3,(H,21,26). The Balaban J connectivity index is 1.67. The summed E-state index contributed by atoms with van der Waals surface area (Å²) in [5, 5.41) is 14.5. The van der Waals surface area contributed by atoms with Gasteiger partial charge in [0.25, 0.3) is 0 Å². The molecule has 0 unspecified atom stereocenters. The van der Waals surface area contributed by atoms with Gasteiger partial charge in [-0.05, 0) is 55.5 Å². The molecule has 1 amide bonds. The van der Waals surface area contributed by atoms with Crippen LogP contribution in [0.4, 0.5) is 10.1 Å². The SMILES string of the molecule is CC(C)OC(=O)c1cccc(-c2nnn(CC(=O)Nc3ccc(F)cc3)n2)c1. The number of benzene rings is 2. The number of rotatable bonds is 6. The van der Waals surface area contributed by atoms with Crippen molar-refractivity contribution in [3.05, 3.63) is 59.9 Å². The van der Waals surface area contributed by atoms with Crippen molar-refractivity contribution in [1.82, 2.24) is 20.2 Å². The van der Waals surface area contributed by atoms with Crippen LogP contribution >= 0.6 is 0 Å². The van der Waals surface area contributed by atoms with E-state index in [2.05, 4.69) is 20.7 Å². The molecule has 0 atom stereocenters. The first kappa shape index (κ1) is 19.2. The molecule has 3 rings (SSSR count). The van der Waals surface area contributed by atoms with Crippen LogP contribution in [-0.4, -0.2) is 38.2 Å². The number of hydrogen-bond donors (Lipinski definition) is 1. The molecule has 8 nitrogen and oxygen atoms in total. The smallest absolute Gasteiger partial charge is 0.338 e. The summed E-state index contributed by atoms with van der Waals surface area (Å²) in [6.45, 7) is 3.37. The molecule has 1 N–H and O–H groups in total. The number of anilines is 1. The summed E-state index contributed by atoms with van der Waals surface area (Å²) in [7, 11) is 0. The number of nitrogens with zero attached hydrogens (tertiary/aromatic N) is 4. The normalized spacial score (nSPS) is 10.7. The van der Waals surface area contributed by atoms with Gasteiger partial charge in [0.05, 0.1) is 11.7 Å². The third-order valence-electron chi connectivity index (χ3n) is 3.57. The molecule has 9 heteroatoms. The Labute approximate surface area is 160 Å². The fraction of sp³-hybridized carbons (Fsp3) is 0.211. The maximum atomic E-state index is 12.9. The van der Waals surface area contributed by atoms with Crippen molar-refractivity contribution < 1.29 is 18.7 Å². The number of ether oxygens (including phenoxy) is 1. The molecule has 0 saturated carbocycles. The van der Waals surface area contributed by atoms with Crippen LogP contribution in [0.15, 0.2) is 48.5 Å². The van der Waals surface area contributed by atoms with Crippen LogP contribution in [0.25, 0.3) is 11.4 Å². The minimum Gasteiger partial charge on any atom is -0.459 e. The second-order valence-corrected chi connectivity index (χ2v) is 6.23. The van der Waals surface area contributed by atoms with Crippen LogP contribution in [0.2, 0.25) is 0 Å². The lowest BCUT2D eigenvalue weighted by Crippen LogP contribution is -2.20. The van der Waals surface area contributed by atoms with Crippen LogP contribution in [0.5, 0.6) is 0 Å². The fourth-order valence-corrected chi connectivity index (χ4v) is 2.36. The largest absolute Gasteiger partial charge is 0.459 e. The van der Waals surface area contributed by atoms with Gasteiger partial charge in [0.2, 0.25) is 11.7 Å². The average molecular weight is 383 g/mol. The molecule has 3 aromatic rings. The molecule has 0 fully saturated rings. The third kappa shape index (κ3) is 4.97. The maximum Gasteiger partial charge on any atom is 0.338 e. The first-order chi connectivity index (χ1) is 13.4. The zero-order chi connectivity index (χ0) is 20.1. The van der Waals surface area contributed by atoms with Gasteiger partial charge in [-0.1, -0.05) is 12.1 Å². The van der Waals surface area contributed by atoms with E-state index >= 15 is 0 Å². The number of esters is 1. The van der Waals surface area contributed by atoms with Gasteiger partial charge in [-0.2, -0.15) is 4.80 Å². The van der Waals surface area contributed by atoms with Crippen LogP contribution in [-0.2, 0) is 16.1 Å². The lowest BCUT2D eigenvalue weighted by atomic mass is 10.1. The molecule has 28 heavy (non-hydrogen) atoms. The Kier molecular flexibility index (Phi) is 5.73. The predicted molar refractivity (Wildman–Crippen MR) is 98.8 cm³/mol. The maximum absolute atomic E-state index is 12.9. The number of halogens is 1. The van der Waals surface area contributed by atoms with Gasteiger partial charge in [0.1, 0.15) is 12.4 Å². The van der Waals surface area contributed by atoms with E-state index in [0.717, 1.165) is 4.80 Å². The van der Waals surface area contributed by atoms with Gasteiger partial charge in [0, 0.05) is 11.3 Å². The monoisotopic (exact) mass is 383 g/mol. The van der Waals surface area contributed by atoms with Gasteiger partial charge < -0.3 is 10.1 Å². The van der Waals surface area contributed by atoms with Crippen molar-refractivity contribution in [3.63, 3.8) is 0 Å². The van der Waals surface area contributed by atoms with Gasteiger partial charge >= 0.3 is 5.97 Å². The molecule has 0 spiro atoms. The Hall–Kier alpha value is -3.62. The molecular weight excluding hydrogens is 365 g/mol. The van der Waals surface area contributed by atoms with E-state index in [1.807, 2.05) is 0 Å². The minimum absolute atomic E-state index is 0.167. The van der Waals surface area contributed by atoms with E-state index in [-0.39, 0.29) is 30.2 Å². The lowest BCUT2D eigenvalue weighted by Gasteiger charge is -2.08. The molecule has 0 aliphatic carbocycles. The minimum atomic E-state index is -0.442. The highest BCUT2D eigenvalue weighted by molar-refractivity contribution is 5.91. The van der Waals surface area contributed by atoms with Crippen molar-refractivity contribution in [1.29, 1.82) is 0 Å². The van der Waals surface area contributed by atoms with E-state index in [1.165, 1.54) is 24.3 Å². The van der Waals surface area contributed by atoms with Gasteiger partial charge in [-0.15, -0.1) is 10.2 Å². The quantitative estimate of drug-likeness (QED) is 0.657. The molecule has 1 aromatic heterocycles. The highest BCUT2D eigenvalue weighted by Gasteiger charge is 2.13. The van der Waals surface area contributed by atoms with E-state index < -0.39 is 5.97 Å². The molecule has 144 valence electrons. The Bertz CT molecular complexity index is 985. The number of tetrazole rings is 1. The second-order valence-electron chi connectivity index (χ2n) is 6.23. The summed E-state index contributed by atoms with van der Waals surface area (Å²) in [6, 6.07) is 12.1. The van der Waals surface area contributed by atoms with Gasteiger partial charge in [-0.3, -0.25) is 4.79 Å². The van der Waals surface area contributed by atoms with Crippen LogP contribution in [0, 0.1) is 5.82 Å². The van der Waals surface area contributed by atoms with Gasteiger partial charge in [-0.25, -0.2) is 9.18 Å². The van der Waals surface area contributed by atoms with E-state index in [4.69, 9.17) is 4.74 Å². The van der Waals surface area contributed by atoms with Crippen molar-refractivity contribution in [2.45, 2.75) is 26.5 Å². The molecule has 0 radical (unpaired) electrons. The third-order valence-corrected chi connectivity index (χ3v) is 3.57. The summed E-state index contributed by atoms with van der Waals surface area (Å²) in [6.07, 6.45) is -0.227. The Morgan fingerprint density at radius 1 is 1.18 bits per heavy atom. The summed E-state index contributed by atoms with van der Waals surface area (Å²) in [5.74, 6) is -0.943. The van der Waals surface area contributed by atoms with E-state index in [9.17, 15) is 14.0 Å². The van der Waals surface area contributed by atoms with E-state index in [1.54, 1.807) is 38.1 Å². The number of hydrogen-bond acceptors (Lipinski definition) is 6. The van der Waals surface area contributed by atoms with Gasteiger partial charge in [0.15, 0.2) is 0 Å². The van der Waals surface area contributed by atoms with Crippen molar-refractivity contribution in [3.8, 4) is 11.4 Å². The second kappa shape index (κ2) is 8.38. The molecule has 0 saturated heterocycles. The molecule has 0 bridgehead atoms. The average Bonchev–Trinajstić information content (AvgIpc) is 3.11. The Morgan fingerprint density at radius 3 is 2.64 bits per heavy atom. The molecule has 1 heterocycles. The lowest BCUT2D eigenvalue weighted by molar-refractivity contribution is -0.117. The number of amides is 1. The summed E-state index contributed by atoms with van der Waals surface area (Å²) in [4.78, 5) is 25.2. The fourth-order valence-electron chi connectivity index (χ4n) is 2.36.